The van der Waals surface area contributed by atoms with E-state index in [1.807, 2.05) is 19.1 Å². The maximum atomic E-state index is 6.15. The summed E-state index contributed by atoms with van der Waals surface area (Å²) in [5.41, 5.74) is 9.08. The third kappa shape index (κ3) is 2.23. The topological polar surface area (TPSA) is 38.9 Å². The van der Waals surface area contributed by atoms with Crippen molar-refractivity contribution in [1.29, 1.82) is 0 Å². The molecule has 5 heteroatoms. The zero-order valence-corrected chi connectivity index (χ0v) is 10.9. The van der Waals surface area contributed by atoms with Crippen LogP contribution in [0.3, 0.4) is 0 Å². The quantitative estimate of drug-likeness (QED) is 0.903. The summed E-state index contributed by atoms with van der Waals surface area (Å²) in [6.07, 6.45) is 3.51. The fourth-order valence-corrected chi connectivity index (χ4v) is 3.08. The van der Waals surface area contributed by atoms with Crippen LogP contribution in [0.15, 0.2) is 24.5 Å². The predicted molar refractivity (Wildman–Crippen MR) is 69.3 cm³/mol. The SMILES string of the molecule is Cc1ccncc1C(N)c1cc(Cl)sc1Cl. The summed E-state index contributed by atoms with van der Waals surface area (Å²) in [5.74, 6) is 0. The van der Waals surface area contributed by atoms with Crippen LogP contribution in [0.2, 0.25) is 8.67 Å². The molecule has 0 bridgehead atoms. The molecule has 0 saturated carbocycles. The summed E-state index contributed by atoms with van der Waals surface area (Å²) >= 11 is 13.3. The maximum absolute atomic E-state index is 6.15. The normalized spacial score (nSPS) is 12.8. The fourth-order valence-electron chi connectivity index (χ4n) is 1.53. The molecule has 84 valence electrons. The van der Waals surface area contributed by atoms with E-state index in [9.17, 15) is 0 Å². The Balaban J connectivity index is 2.43. The molecule has 0 aromatic carbocycles. The number of aryl methyl sites for hydroxylation is 1. The van der Waals surface area contributed by atoms with Gasteiger partial charge >= 0.3 is 0 Å². The second kappa shape index (κ2) is 4.72. The summed E-state index contributed by atoms with van der Waals surface area (Å²) < 4.78 is 1.29. The predicted octanol–water partition coefficient (Wildman–Crippen LogP) is 3.81. The standard InChI is InChI=1S/C11H10Cl2N2S/c1-6-2-3-15-5-8(6)10(14)7-4-9(12)16-11(7)13/h2-5,10H,14H2,1H3. The monoisotopic (exact) mass is 272 g/mol. The van der Waals surface area contributed by atoms with E-state index in [-0.39, 0.29) is 6.04 Å². The smallest absolute Gasteiger partial charge is 0.0995 e. The van der Waals surface area contributed by atoms with Crippen molar-refractivity contribution in [3.63, 3.8) is 0 Å². The Morgan fingerprint density at radius 2 is 2.12 bits per heavy atom. The van der Waals surface area contributed by atoms with Gasteiger partial charge in [-0.15, -0.1) is 11.3 Å². The van der Waals surface area contributed by atoms with Gasteiger partial charge in [-0.1, -0.05) is 23.2 Å². The average molecular weight is 273 g/mol. The fraction of sp³-hybridized carbons (Fsp3) is 0.182. The highest BCUT2D eigenvalue weighted by molar-refractivity contribution is 7.20. The molecule has 0 saturated heterocycles. The molecule has 0 aliphatic rings. The number of nitrogens with two attached hydrogens (primary N) is 1. The van der Waals surface area contributed by atoms with Crippen molar-refractivity contribution in [3.05, 3.63) is 49.9 Å². The minimum atomic E-state index is -0.273. The lowest BCUT2D eigenvalue weighted by atomic mass is 10.0. The molecule has 0 fully saturated rings. The molecular weight excluding hydrogens is 263 g/mol. The highest BCUT2D eigenvalue weighted by Crippen LogP contribution is 2.36. The van der Waals surface area contributed by atoms with Crippen molar-refractivity contribution in [1.82, 2.24) is 4.98 Å². The third-order valence-corrected chi connectivity index (χ3v) is 3.95. The second-order valence-corrected chi connectivity index (χ2v) is 5.78. The van der Waals surface area contributed by atoms with Crippen molar-refractivity contribution in [2.24, 2.45) is 5.73 Å². The molecule has 2 N–H and O–H groups in total. The molecule has 1 atom stereocenters. The van der Waals surface area contributed by atoms with Gasteiger partial charge in [-0.25, -0.2) is 0 Å². The molecule has 2 aromatic rings. The van der Waals surface area contributed by atoms with Crippen molar-refractivity contribution in [3.8, 4) is 0 Å². The van der Waals surface area contributed by atoms with E-state index in [0.29, 0.717) is 8.67 Å². The van der Waals surface area contributed by atoms with Crippen LogP contribution in [-0.4, -0.2) is 4.98 Å². The summed E-state index contributed by atoms with van der Waals surface area (Å²) in [4.78, 5) is 4.08. The van der Waals surface area contributed by atoms with Crippen LogP contribution in [0.1, 0.15) is 22.7 Å². The van der Waals surface area contributed by atoms with Gasteiger partial charge in [0.05, 0.1) is 14.7 Å². The second-order valence-electron chi connectivity index (χ2n) is 3.49. The van der Waals surface area contributed by atoms with E-state index in [0.717, 1.165) is 16.7 Å². The lowest BCUT2D eigenvalue weighted by Gasteiger charge is -2.13. The first-order chi connectivity index (χ1) is 7.59. The number of hydrogen-bond donors (Lipinski definition) is 1. The Bertz CT molecular complexity index is 510. The average Bonchev–Trinajstić information content (AvgIpc) is 2.58. The van der Waals surface area contributed by atoms with Gasteiger partial charge in [0.15, 0.2) is 0 Å². The zero-order chi connectivity index (χ0) is 11.7. The van der Waals surface area contributed by atoms with E-state index in [2.05, 4.69) is 4.98 Å². The molecule has 2 rings (SSSR count). The third-order valence-electron chi connectivity index (χ3n) is 2.43. The lowest BCUT2D eigenvalue weighted by Crippen LogP contribution is -2.13. The molecule has 2 nitrogen and oxygen atoms in total. The summed E-state index contributed by atoms with van der Waals surface area (Å²) in [5, 5.41) is 0. The van der Waals surface area contributed by atoms with Crippen LogP contribution in [0.25, 0.3) is 0 Å². The first-order valence-corrected chi connectivity index (χ1v) is 6.27. The Labute approximate surface area is 108 Å². The number of nitrogens with zero attached hydrogens (tertiary/aromatic N) is 1. The van der Waals surface area contributed by atoms with Crippen LogP contribution < -0.4 is 5.73 Å². The maximum Gasteiger partial charge on any atom is 0.0995 e. The Morgan fingerprint density at radius 3 is 2.69 bits per heavy atom. The van der Waals surface area contributed by atoms with Gasteiger partial charge in [-0.2, -0.15) is 0 Å². The number of hydrogen-bond acceptors (Lipinski definition) is 3. The van der Waals surface area contributed by atoms with Crippen LogP contribution in [-0.2, 0) is 0 Å². The van der Waals surface area contributed by atoms with Crippen molar-refractivity contribution >= 4 is 34.5 Å². The molecule has 0 aliphatic heterocycles. The van der Waals surface area contributed by atoms with Crippen LogP contribution in [0.5, 0.6) is 0 Å². The van der Waals surface area contributed by atoms with E-state index < -0.39 is 0 Å². The van der Waals surface area contributed by atoms with E-state index in [1.54, 1.807) is 12.4 Å². The van der Waals surface area contributed by atoms with Gasteiger partial charge in [0, 0.05) is 18.0 Å². The number of pyridine rings is 1. The van der Waals surface area contributed by atoms with Crippen molar-refractivity contribution in [2.45, 2.75) is 13.0 Å². The first kappa shape index (κ1) is 11.9. The molecular formula is C11H10Cl2N2S. The Hall–Kier alpha value is -0.610. The van der Waals surface area contributed by atoms with Gasteiger partial charge in [-0.3, -0.25) is 4.98 Å². The summed E-state index contributed by atoms with van der Waals surface area (Å²) in [6, 6.07) is 3.47. The number of aromatic nitrogens is 1. The largest absolute Gasteiger partial charge is 0.320 e. The highest BCUT2D eigenvalue weighted by Gasteiger charge is 2.17. The Morgan fingerprint density at radius 1 is 1.38 bits per heavy atom. The number of thiophene rings is 1. The van der Waals surface area contributed by atoms with Crippen LogP contribution in [0.4, 0.5) is 0 Å². The zero-order valence-electron chi connectivity index (χ0n) is 8.58. The van der Waals surface area contributed by atoms with Crippen LogP contribution in [0, 0.1) is 6.92 Å². The van der Waals surface area contributed by atoms with Gasteiger partial charge < -0.3 is 5.73 Å². The van der Waals surface area contributed by atoms with Crippen LogP contribution >= 0.6 is 34.5 Å². The molecule has 0 radical (unpaired) electrons. The van der Waals surface area contributed by atoms with Gasteiger partial charge in [-0.05, 0) is 30.2 Å². The lowest BCUT2D eigenvalue weighted by molar-refractivity contribution is 0.857. The minimum absolute atomic E-state index is 0.273. The van der Waals surface area contributed by atoms with Crippen molar-refractivity contribution in [2.75, 3.05) is 0 Å². The minimum Gasteiger partial charge on any atom is -0.320 e. The first-order valence-electron chi connectivity index (χ1n) is 4.70. The van der Waals surface area contributed by atoms with Crippen molar-refractivity contribution < 1.29 is 0 Å². The highest BCUT2D eigenvalue weighted by atomic mass is 35.5. The summed E-state index contributed by atoms with van der Waals surface area (Å²) in [7, 11) is 0. The molecule has 2 aromatic heterocycles. The molecule has 16 heavy (non-hydrogen) atoms. The van der Waals surface area contributed by atoms with E-state index in [4.69, 9.17) is 28.9 Å². The molecule has 0 amide bonds. The molecule has 0 spiro atoms. The molecule has 2 heterocycles. The Kier molecular flexibility index (Phi) is 3.50. The number of halogens is 2. The van der Waals surface area contributed by atoms with Gasteiger partial charge in [0.25, 0.3) is 0 Å². The van der Waals surface area contributed by atoms with Gasteiger partial charge in [0.1, 0.15) is 0 Å². The summed E-state index contributed by atoms with van der Waals surface area (Å²) in [6.45, 7) is 2.00. The van der Waals surface area contributed by atoms with E-state index >= 15 is 0 Å². The van der Waals surface area contributed by atoms with E-state index in [1.165, 1.54) is 11.3 Å². The molecule has 1 unspecified atom stereocenters. The number of rotatable bonds is 2. The molecule has 0 aliphatic carbocycles. The van der Waals surface area contributed by atoms with Gasteiger partial charge in [0.2, 0.25) is 0 Å².